The molecule has 0 spiro atoms. The number of carbonyl (C=O) groups excluding carboxylic acids is 1. The van der Waals surface area contributed by atoms with Gasteiger partial charge < -0.3 is 4.90 Å². The molecule has 1 unspecified atom stereocenters. The second-order valence-electron chi connectivity index (χ2n) is 5.83. The topological polar surface area (TPSA) is 89.2 Å². The number of aromatic nitrogens is 2. The summed E-state index contributed by atoms with van der Waals surface area (Å²) in [4.78, 5) is 33.7. The van der Waals surface area contributed by atoms with Crippen molar-refractivity contribution in [3.63, 3.8) is 0 Å². The van der Waals surface area contributed by atoms with Crippen LogP contribution in [0.1, 0.15) is 21.3 Å². The highest BCUT2D eigenvalue weighted by atomic mass is 32.2. The molecule has 1 amide bonds. The third kappa shape index (κ3) is 2.99. The summed E-state index contributed by atoms with van der Waals surface area (Å²) in [6.07, 6.45) is 3.22. The molecule has 2 heterocycles. The first-order chi connectivity index (χ1) is 12.6. The number of nitro groups is 1. The molecule has 0 radical (unpaired) electrons. The molecule has 1 aliphatic rings. The number of carbonyl (C=O) groups is 1. The van der Waals surface area contributed by atoms with E-state index in [-0.39, 0.29) is 17.0 Å². The fourth-order valence-electron chi connectivity index (χ4n) is 2.98. The van der Waals surface area contributed by atoms with Gasteiger partial charge >= 0.3 is 0 Å². The van der Waals surface area contributed by atoms with Crippen molar-refractivity contribution in [2.45, 2.75) is 5.37 Å². The van der Waals surface area contributed by atoms with Gasteiger partial charge in [-0.15, -0.1) is 11.8 Å². The lowest BCUT2D eigenvalue weighted by Gasteiger charge is -2.24. The third-order valence-electron chi connectivity index (χ3n) is 4.26. The van der Waals surface area contributed by atoms with E-state index < -0.39 is 4.92 Å². The predicted molar refractivity (Wildman–Crippen MR) is 98.9 cm³/mol. The van der Waals surface area contributed by atoms with Gasteiger partial charge in [0.2, 0.25) is 0 Å². The average molecular weight is 366 g/mol. The van der Waals surface area contributed by atoms with E-state index in [4.69, 9.17) is 0 Å². The maximum Gasteiger partial charge on any atom is 0.269 e. The van der Waals surface area contributed by atoms with Crippen molar-refractivity contribution >= 4 is 34.4 Å². The van der Waals surface area contributed by atoms with Crippen molar-refractivity contribution in [2.75, 3.05) is 12.3 Å². The summed E-state index contributed by atoms with van der Waals surface area (Å²) >= 11 is 1.65. The van der Waals surface area contributed by atoms with Crippen molar-refractivity contribution in [1.82, 2.24) is 14.9 Å². The zero-order valence-corrected chi connectivity index (χ0v) is 14.4. The van der Waals surface area contributed by atoms with Gasteiger partial charge in [0.05, 0.1) is 16.0 Å². The lowest BCUT2D eigenvalue weighted by Crippen LogP contribution is -2.30. The highest BCUT2D eigenvalue weighted by Crippen LogP contribution is 2.39. The standard InChI is InChI=1S/C18H14N4O3S/c23-17(13-3-6-15-16(11-13)20-8-7-19-15)21-9-10-26-18(21)12-1-4-14(5-2-12)22(24)25/h1-8,11,18H,9-10H2. The first-order valence-electron chi connectivity index (χ1n) is 8.01. The van der Waals surface area contributed by atoms with Gasteiger partial charge in [-0.05, 0) is 35.9 Å². The molecule has 7 nitrogen and oxygen atoms in total. The van der Waals surface area contributed by atoms with Gasteiger partial charge in [0.1, 0.15) is 5.37 Å². The molecule has 0 bridgehead atoms. The lowest BCUT2D eigenvalue weighted by atomic mass is 10.1. The van der Waals surface area contributed by atoms with Gasteiger partial charge in [0.15, 0.2) is 0 Å². The van der Waals surface area contributed by atoms with Crippen molar-refractivity contribution in [2.24, 2.45) is 0 Å². The number of nitro benzene ring substituents is 1. The summed E-state index contributed by atoms with van der Waals surface area (Å²) in [7, 11) is 0. The van der Waals surface area contributed by atoms with Crippen LogP contribution >= 0.6 is 11.8 Å². The first kappa shape index (κ1) is 16.5. The van der Waals surface area contributed by atoms with Crippen LogP contribution in [0.3, 0.4) is 0 Å². The minimum absolute atomic E-state index is 0.0442. The Bertz CT molecular complexity index is 993. The van der Waals surface area contributed by atoms with Crippen molar-refractivity contribution in [3.05, 3.63) is 76.1 Å². The Morgan fingerprint density at radius 3 is 2.58 bits per heavy atom. The molecular formula is C18H14N4O3S. The highest BCUT2D eigenvalue weighted by molar-refractivity contribution is 7.99. The number of rotatable bonds is 3. The number of nitrogens with zero attached hydrogens (tertiary/aromatic N) is 4. The fraction of sp³-hybridized carbons (Fsp3) is 0.167. The van der Waals surface area contributed by atoms with E-state index in [0.29, 0.717) is 17.6 Å². The van der Waals surface area contributed by atoms with Crippen LogP contribution in [0.15, 0.2) is 54.9 Å². The Morgan fingerprint density at radius 2 is 1.85 bits per heavy atom. The van der Waals surface area contributed by atoms with Crippen LogP contribution in [0.2, 0.25) is 0 Å². The molecule has 130 valence electrons. The van der Waals surface area contributed by atoms with E-state index in [1.807, 2.05) is 0 Å². The van der Waals surface area contributed by atoms with Crippen LogP contribution in [-0.2, 0) is 0 Å². The average Bonchev–Trinajstić information content (AvgIpc) is 3.17. The molecule has 26 heavy (non-hydrogen) atoms. The molecule has 1 fully saturated rings. The molecule has 0 saturated carbocycles. The molecule has 1 atom stereocenters. The van der Waals surface area contributed by atoms with Crippen LogP contribution in [0.25, 0.3) is 11.0 Å². The maximum absolute atomic E-state index is 13.0. The summed E-state index contributed by atoms with van der Waals surface area (Å²) in [5, 5.41) is 10.7. The molecule has 1 aromatic heterocycles. The van der Waals surface area contributed by atoms with Crippen LogP contribution in [0.4, 0.5) is 5.69 Å². The number of hydrogen-bond acceptors (Lipinski definition) is 6. The van der Waals surface area contributed by atoms with Crippen LogP contribution in [-0.4, -0.2) is 38.0 Å². The number of hydrogen-bond donors (Lipinski definition) is 0. The fourth-order valence-corrected chi connectivity index (χ4v) is 4.23. The number of amides is 1. The molecule has 3 aromatic rings. The Kier molecular flexibility index (Phi) is 4.26. The number of thioether (sulfide) groups is 1. The minimum atomic E-state index is -0.426. The number of fused-ring (bicyclic) bond motifs is 1. The molecular weight excluding hydrogens is 352 g/mol. The van der Waals surface area contributed by atoms with E-state index >= 15 is 0 Å². The molecule has 0 aliphatic carbocycles. The molecule has 4 rings (SSSR count). The summed E-state index contributed by atoms with van der Waals surface area (Å²) in [6.45, 7) is 0.629. The minimum Gasteiger partial charge on any atom is -0.322 e. The van der Waals surface area contributed by atoms with Crippen LogP contribution < -0.4 is 0 Å². The second-order valence-corrected chi connectivity index (χ2v) is 7.02. The zero-order valence-electron chi connectivity index (χ0n) is 13.6. The predicted octanol–water partition coefficient (Wildman–Crippen LogP) is 3.43. The van der Waals surface area contributed by atoms with Gasteiger partial charge in [0.25, 0.3) is 11.6 Å². The third-order valence-corrected chi connectivity index (χ3v) is 5.52. The van der Waals surface area contributed by atoms with E-state index in [2.05, 4.69) is 9.97 Å². The van der Waals surface area contributed by atoms with E-state index in [0.717, 1.165) is 16.8 Å². The van der Waals surface area contributed by atoms with Crippen molar-refractivity contribution in [1.29, 1.82) is 0 Å². The van der Waals surface area contributed by atoms with Crippen LogP contribution in [0, 0.1) is 10.1 Å². The molecule has 1 saturated heterocycles. The van der Waals surface area contributed by atoms with Gasteiger partial charge in [-0.25, -0.2) is 0 Å². The second kappa shape index (κ2) is 6.72. The molecule has 0 N–H and O–H groups in total. The zero-order chi connectivity index (χ0) is 18.1. The lowest BCUT2D eigenvalue weighted by molar-refractivity contribution is -0.384. The maximum atomic E-state index is 13.0. The van der Waals surface area contributed by atoms with Crippen molar-refractivity contribution < 1.29 is 9.72 Å². The van der Waals surface area contributed by atoms with Crippen molar-refractivity contribution in [3.8, 4) is 0 Å². The Morgan fingerprint density at radius 1 is 1.12 bits per heavy atom. The Labute approximate surface area is 153 Å². The monoisotopic (exact) mass is 366 g/mol. The smallest absolute Gasteiger partial charge is 0.269 e. The number of benzene rings is 2. The summed E-state index contributed by atoms with van der Waals surface area (Å²) in [5.41, 5.74) is 2.91. The van der Waals surface area contributed by atoms with Gasteiger partial charge in [-0.3, -0.25) is 24.9 Å². The Hall–Kier alpha value is -3.00. The summed E-state index contributed by atoms with van der Waals surface area (Å²) in [5.74, 6) is 0.742. The normalized spacial score (nSPS) is 16.8. The van der Waals surface area contributed by atoms with E-state index in [1.165, 1.54) is 12.1 Å². The molecule has 2 aromatic carbocycles. The quantitative estimate of drug-likeness (QED) is 0.521. The van der Waals surface area contributed by atoms with Gasteiger partial charge in [-0.2, -0.15) is 0 Å². The molecule has 8 heteroatoms. The molecule has 1 aliphatic heterocycles. The first-order valence-corrected chi connectivity index (χ1v) is 9.06. The largest absolute Gasteiger partial charge is 0.322 e. The highest BCUT2D eigenvalue weighted by Gasteiger charge is 2.31. The van der Waals surface area contributed by atoms with Crippen LogP contribution in [0.5, 0.6) is 0 Å². The van der Waals surface area contributed by atoms with E-state index in [1.54, 1.807) is 59.4 Å². The summed E-state index contributed by atoms with van der Waals surface area (Å²) < 4.78 is 0. The SMILES string of the molecule is O=C(c1ccc2nccnc2c1)N1CCSC1c1ccc([N+](=O)[O-])cc1. The number of non-ortho nitro benzene ring substituents is 1. The van der Waals surface area contributed by atoms with E-state index in [9.17, 15) is 14.9 Å². The van der Waals surface area contributed by atoms with Gasteiger partial charge in [-0.1, -0.05) is 0 Å². The summed E-state index contributed by atoms with van der Waals surface area (Å²) in [6, 6.07) is 11.7. The van der Waals surface area contributed by atoms with Gasteiger partial charge in [0, 0.05) is 42.4 Å². The Balaban J connectivity index is 1.62.